The third kappa shape index (κ3) is 7.03. The van der Waals surface area contributed by atoms with E-state index in [0.29, 0.717) is 28.8 Å². The normalized spacial score (nSPS) is 13.0. The van der Waals surface area contributed by atoms with Crippen molar-refractivity contribution < 1.29 is 32.3 Å². The SMILES string of the molecule is Cc1ccc(NC(=O)c2cc(-c3cnc(N(C)C)nc3)cn2CC2CC2)cc1F.O=C(O)C(F)(F)F. The third-order valence-corrected chi connectivity index (χ3v) is 5.32. The van der Waals surface area contributed by atoms with Gasteiger partial charge in [-0.2, -0.15) is 13.2 Å². The number of halogens is 4. The molecule has 1 aromatic carbocycles. The number of carboxylic acid groups (broad SMARTS) is 1. The van der Waals surface area contributed by atoms with E-state index in [1.807, 2.05) is 35.8 Å². The molecule has 1 saturated carbocycles. The molecule has 1 amide bonds. The third-order valence-electron chi connectivity index (χ3n) is 5.32. The highest BCUT2D eigenvalue weighted by atomic mass is 19.4. The molecule has 36 heavy (non-hydrogen) atoms. The van der Waals surface area contributed by atoms with Crippen molar-refractivity contribution in [1.82, 2.24) is 14.5 Å². The van der Waals surface area contributed by atoms with Gasteiger partial charge in [-0.25, -0.2) is 19.2 Å². The van der Waals surface area contributed by atoms with E-state index in [2.05, 4.69) is 15.3 Å². The summed E-state index contributed by atoms with van der Waals surface area (Å²) in [5.41, 5.74) is 3.27. The molecule has 1 fully saturated rings. The van der Waals surface area contributed by atoms with Gasteiger partial charge in [-0.1, -0.05) is 6.07 Å². The molecule has 12 heteroatoms. The number of amides is 1. The van der Waals surface area contributed by atoms with Gasteiger partial charge in [-0.3, -0.25) is 4.79 Å². The van der Waals surface area contributed by atoms with Gasteiger partial charge < -0.3 is 19.9 Å². The first-order valence-electron chi connectivity index (χ1n) is 10.9. The number of benzene rings is 1. The molecule has 2 N–H and O–H groups in total. The number of hydrogen-bond donors (Lipinski definition) is 2. The quantitative estimate of drug-likeness (QED) is 0.467. The Morgan fingerprint density at radius 3 is 2.25 bits per heavy atom. The van der Waals surface area contributed by atoms with Crippen molar-refractivity contribution in [1.29, 1.82) is 0 Å². The summed E-state index contributed by atoms with van der Waals surface area (Å²) in [6, 6.07) is 6.55. The lowest BCUT2D eigenvalue weighted by atomic mass is 10.2. The highest BCUT2D eigenvalue weighted by Crippen LogP contribution is 2.33. The zero-order chi connectivity index (χ0) is 26.6. The largest absolute Gasteiger partial charge is 0.490 e. The molecule has 1 aliphatic carbocycles. The van der Waals surface area contributed by atoms with E-state index in [-0.39, 0.29) is 11.7 Å². The van der Waals surface area contributed by atoms with E-state index in [0.717, 1.165) is 17.7 Å². The Labute approximate surface area is 204 Å². The second-order valence-corrected chi connectivity index (χ2v) is 8.60. The minimum atomic E-state index is -5.08. The number of anilines is 2. The molecular formula is C24H25F4N5O3. The second kappa shape index (κ2) is 10.8. The van der Waals surface area contributed by atoms with Gasteiger partial charge in [0.2, 0.25) is 5.95 Å². The van der Waals surface area contributed by atoms with Crippen LogP contribution in [0.15, 0.2) is 42.9 Å². The molecule has 0 spiro atoms. The smallest absolute Gasteiger partial charge is 0.475 e. The first kappa shape index (κ1) is 26.6. The highest BCUT2D eigenvalue weighted by molar-refractivity contribution is 6.04. The number of aryl methyl sites for hydroxylation is 1. The van der Waals surface area contributed by atoms with Gasteiger partial charge in [0, 0.05) is 56.0 Å². The molecule has 2 aromatic heterocycles. The van der Waals surface area contributed by atoms with Crippen molar-refractivity contribution in [3.63, 3.8) is 0 Å². The fraction of sp³-hybridized carbons (Fsp3) is 0.333. The van der Waals surface area contributed by atoms with Crippen LogP contribution in [0.2, 0.25) is 0 Å². The number of nitrogens with one attached hydrogen (secondary N) is 1. The number of hydrogen-bond acceptors (Lipinski definition) is 5. The van der Waals surface area contributed by atoms with E-state index in [1.165, 1.54) is 18.9 Å². The average molecular weight is 507 g/mol. The van der Waals surface area contributed by atoms with E-state index in [4.69, 9.17) is 9.90 Å². The number of nitrogens with zero attached hydrogens (tertiary/aromatic N) is 4. The van der Waals surface area contributed by atoms with Crippen LogP contribution < -0.4 is 10.2 Å². The van der Waals surface area contributed by atoms with Crippen LogP contribution >= 0.6 is 0 Å². The number of carboxylic acids is 1. The lowest BCUT2D eigenvalue weighted by Gasteiger charge is -2.10. The lowest BCUT2D eigenvalue weighted by Crippen LogP contribution is -2.21. The predicted molar refractivity (Wildman–Crippen MR) is 125 cm³/mol. The van der Waals surface area contributed by atoms with Crippen molar-refractivity contribution >= 4 is 23.5 Å². The van der Waals surface area contributed by atoms with E-state index in [9.17, 15) is 22.4 Å². The Hall–Kier alpha value is -3.96. The highest BCUT2D eigenvalue weighted by Gasteiger charge is 2.38. The second-order valence-electron chi connectivity index (χ2n) is 8.60. The molecule has 2 heterocycles. The van der Waals surface area contributed by atoms with Crippen LogP contribution in [0.3, 0.4) is 0 Å². The Morgan fingerprint density at radius 1 is 1.14 bits per heavy atom. The maximum atomic E-state index is 13.8. The number of carbonyl (C=O) groups is 2. The molecule has 0 unspecified atom stereocenters. The number of alkyl halides is 3. The number of rotatable bonds is 6. The standard InChI is InChI=1S/C22H24FN5O.C2HF3O2/c1-14-4-7-18(9-19(14)23)26-21(29)20-8-16(13-28(20)12-15-5-6-15)17-10-24-22(25-11-17)27(2)3;3-2(4,5)1(6)7/h4,7-11,13,15H,5-6,12H2,1-3H3,(H,26,29);(H,6,7). The Bertz CT molecular complexity index is 1240. The minimum absolute atomic E-state index is 0.258. The first-order chi connectivity index (χ1) is 16.8. The predicted octanol–water partition coefficient (Wildman–Crippen LogP) is 4.75. The molecule has 192 valence electrons. The van der Waals surface area contributed by atoms with Gasteiger partial charge in [0.25, 0.3) is 5.91 Å². The fourth-order valence-corrected chi connectivity index (χ4v) is 3.16. The summed E-state index contributed by atoms with van der Waals surface area (Å²) in [5, 5.41) is 9.94. The van der Waals surface area contributed by atoms with Crippen LogP contribution in [0.5, 0.6) is 0 Å². The summed E-state index contributed by atoms with van der Waals surface area (Å²) in [4.78, 5) is 32.4. The number of aromatic nitrogens is 3. The molecule has 0 atom stereocenters. The maximum Gasteiger partial charge on any atom is 0.490 e. The topological polar surface area (TPSA) is 100 Å². The monoisotopic (exact) mass is 507 g/mol. The first-order valence-corrected chi connectivity index (χ1v) is 10.9. The van der Waals surface area contributed by atoms with E-state index >= 15 is 0 Å². The molecule has 3 aromatic rings. The van der Waals surface area contributed by atoms with Crippen LogP contribution in [-0.4, -0.2) is 51.8 Å². The van der Waals surface area contributed by atoms with Crippen LogP contribution in [0.4, 0.5) is 29.2 Å². The molecule has 0 radical (unpaired) electrons. The van der Waals surface area contributed by atoms with Gasteiger partial charge in [0.1, 0.15) is 11.5 Å². The van der Waals surface area contributed by atoms with E-state index < -0.39 is 12.1 Å². The molecule has 0 aliphatic heterocycles. The minimum Gasteiger partial charge on any atom is -0.475 e. The van der Waals surface area contributed by atoms with Gasteiger partial charge in [-0.05, 0) is 49.4 Å². The van der Waals surface area contributed by atoms with E-state index in [1.54, 1.807) is 31.5 Å². The van der Waals surface area contributed by atoms with Crippen molar-refractivity contribution in [2.45, 2.75) is 32.5 Å². The van der Waals surface area contributed by atoms with Crippen molar-refractivity contribution in [3.05, 3.63) is 59.9 Å². The van der Waals surface area contributed by atoms with Crippen molar-refractivity contribution in [3.8, 4) is 11.1 Å². The molecule has 8 nitrogen and oxygen atoms in total. The van der Waals surface area contributed by atoms with Gasteiger partial charge in [0.15, 0.2) is 0 Å². The summed E-state index contributed by atoms with van der Waals surface area (Å²) >= 11 is 0. The van der Waals surface area contributed by atoms with Crippen molar-refractivity contribution in [2.75, 3.05) is 24.3 Å². The maximum absolute atomic E-state index is 13.8. The fourth-order valence-electron chi connectivity index (χ4n) is 3.16. The number of carbonyl (C=O) groups excluding carboxylic acids is 1. The zero-order valence-electron chi connectivity index (χ0n) is 19.8. The van der Waals surface area contributed by atoms with Gasteiger partial charge >= 0.3 is 12.1 Å². The number of aliphatic carboxylic acids is 1. The average Bonchev–Trinajstić information content (AvgIpc) is 3.52. The molecule has 1 aliphatic rings. The molecule has 0 bridgehead atoms. The van der Waals surface area contributed by atoms with Crippen LogP contribution in [0.25, 0.3) is 11.1 Å². The molecular weight excluding hydrogens is 482 g/mol. The Balaban J connectivity index is 0.000000454. The summed E-state index contributed by atoms with van der Waals surface area (Å²) < 4.78 is 47.5. The van der Waals surface area contributed by atoms with Crippen molar-refractivity contribution in [2.24, 2.45) is 5.92 Å². The summed E-state index contributed by atoms with van der Waals surface area (Å²) in [5.74, 6) is -2.12. The summed E-state index contributed by atoms with van der Waals surface area (Å²) in [6.07, 6.45) is 2.76. The summed E-state index contributed by atoms with van der Waals surface area (Å²) in [7, 11) is 3.77. The molecule has 4 rings (SSSR count). The Kier molecular flexibility index (Phi) is 7.96. The molecule has 0 saturated heterocycles. The van der Waals surface area contributed by atoms with Crippen LogP contribution in [-0.2, 0) is 11.3 Å². The van der Waals surface area contributed by atoms with Gasteiger partial charge in [-0.15, -0.1) is 0 Å². The Morgan fingerprint density at radius 2 is 1.75 bits per heavy atom. The van der Waals surface area contributed by atoms with Gasteiger partial charge in [0.05, 0.1) is 0 Å². The summed E-state index contributed by atoms with van der Waals surface area (Å²) in [6.45, 7) is 2.49. The van der Waals surface area contributed by atoms with Crippen LogP contribution in [0.1, 0.15) is 28.9 Å². The lowest BCUT2D eigenvalue weighted by molar-refractivity contribution is -0.192. The zero-order valence-corrected chi connectivity index (χ0v) is 19.8. The van der Waals surface area contributed by atoms with Crippen LogP contribution in [0, 0.1) is 18.7 Å².